The van der Waals surface area contributed by atoms with Crippen LogP contribution >= 0.6 is 0 Å². The lowest BCUT2D eigenvalue weighted by Crippen LogP contribution is -2.23. The highest BCUT2D eigenvalue weighted by molar-refractivity contribution is 5.60. The Balaban J connectivity index is 2.64. The first-order valence-corrected chi connectivity index (χ1v) is 4.87. The molecular weight excluding hydrogens is 164 g/mol. The minimum absolute atomic E-state index is 0.178. The monoisotopic (exact) mass is 182 g/mol. The summed E-state index contributed by atoms with van der Waals surface area (Å²) in [5.74, 6) is 0. The molecule has 0 radical (unpaired) electrons. The molecule has 1 aliphatic rings. The summed E-state index contributed by atoms with van der Waals surface area (Å²) in [7, 11) is 0. The first-order valence-electron chi connectivity index (χ1n) is 4.87. The van der Waals surface area contributed by atoms with Gasteiger partial charge in [0.15, 0.2) is 0 Å². The molecule has 1 unspecified atom stereocenters. The van der Waals surface area contributed by atoms with Gasteiger partial charge in [0.05, 0.1) is 0 Å². The van der Waals surface area contributed by atoms with Crippen LogP contribution in [0.4, 0.5) is 0 Å². The topological polar surface area (TPSA) is 26.3 Å². The standard InChI is InChI=1S/C11H18O2/c1-10(2)8-11(9-12)4-3-6-13-7-5-11/h9H,1,3-8H2,2H3. The summed E-state index contributed by atoms with van der Waals surface area (Å²) in [6, 6.07) is 0. The van der Waals surface area contributed by atoms with Crippen LogP contribution in [0.1, 0.15) is 32.6 Å². The van der Waals surface area contributed by atoms with E-state index >= 15 is 0 Å². The first kappa shape index (κ1) is 10.5. The van der Waals surface area contributed by atoms with Crippen molar-refractivity contribution in [2.75, 3.05) is 13.2 Å². The maximum atomic E-state index is 11.1. The number of aldehydes is 1. The second-order valence-electron chi connectivity index (χ2n) is 4.08. The van der Waals surface area contributed by atoms with Gasteiger partial charge in [0, 0.05) is 18.6 Å². The largest absolute Gasteiger partial charge is 0.381 e. The maximum Gasteiger partial charge on any atom is 0.126 e. The number of carbonyl (C=O) groups is 1. The third kappa shape index (κ3) is 2.96. The molecule has 0 N–H and O–H groups in total. The molecule has 1 saturated heterocycles. The molecule has 0 aromatic carbocycles. The molecule has 0 saturated carbocycles. The smallest absolute Gasteiger partial charge is 0.126 e. The fraction of sp³-hybridized carbons (Fsp3) is 0.727. The number of carbonyl (C=O) groups excluding carboxylic acids is 1. The van der Waals surface area contributed by atoms with Gasteiger partial charge in [-0.15, -0.1) is 6.58 Å². The average Bonchev–Trinajstić information content (AvgIpc) is 2.30. The Morgan fingerprint density at radius 2 is 2.31 bits per heavy atom. The summed E-state index contributed by atoms with van der Waals surface area (Å²) < 4.78 is 5.34. The van der Waals surface area contributed by atoms with Crippen LogP contribution in [0.5, 0.6) is 0 Å². The van der Waals surface area contributed by atoms with Crippen LogP contribution in [0.25, 0.3) is 0 Å². The molecule has 1 heterocycles. The van der Waals surface area contributed by atoms with Crippen molar-refractivity contribution in [2.45, 2.75) is 32.6 Å². The predicted molar refractivity (Wildman–Crippen MR) is 52.6 cm³/mol. The summed E-state index contributed by atoms with van der Waals surface area (Å²) in [5.41, 5.74) is 0.913. The van der Waals surface area contributed by atoms with Gasteiger partial charge in [-0.3, -0.25) is 0 Å². The van der Waals surface area contributed by atoms with Gasteiger partial charge in [-0.05, 0) is 32.6 Å². The molecule has 0 aromatic heterocycles. The van der Waals surface area contributed by atoms with Crippen LogP contribution in [-0.2, 0) is 9.53 Å². The van der Waals surface area contributed by atoms with Crippen LogP contribution in [0.3, 0.4) is 0 Å². The molecule has 1 atom stereocenters. The molecule has 74 valence electrons. The minimum Gasteiger partial charge on any atom is -0.381 e. The van der Waals surface area contributed by atoms with E-state index < -0.39 is 0 Å². The lowest BCUT2D eigenvalue weighted by atomic mass is 9.77. The van der Waals surface area contributed by atoms with Gasteiger partial charge in [-0.1, -0.05) is 5.57 Å². The second kappa shape index (κ2) is 4.56. The summed E-state index contributed by atoms with van der Waals surface area (Å²) in [6.07, 6.45) is 4.72. The molecule has 0 aromatic rings. The van der Waals surface area contributed by atoms with Gasteiger partial charge in [0.1, 0.15) is 6.29 Å². The molecule has 0 bridgehead atoms. The number of ether oxygens (including phenoxy) is 1. The van der Waals surface area contributed by atoms with E-state index in [0.29, 0.717) is 6.61 Å². The van der Waals surface area contributed by atoms with Gasteiger partial charge >= 0.3 is 0 Å². The van der Waals surface area contributed by atoms with Crippen LogP contribution < -0.4 is 0 Å². The van der Waals surface area contributed by atoms with Crippen LogP contribution in [0.15, 0.2) is 12.2 Å². The van der Waals surface area contributed by atoms with Crippen molar-refractivity contribution in [1.82, 2.24) is 0 Å². The quantitative estimate of drug-likeness (QED) is 0.494. The zero-order chi connectivity index (χ0) is 9.73. The lowest BCUT2D eigenvalue weighted by molar-refractivity contribution is -0.117. The molecule has 0 aliphatic carbocycles. The Labute approximate surface area is 80.0 Å². The zero-order valence-electron chi connectivity index (χ0n) is 8.34. The van der Waals surface area contributed by atoms with Crippen molar-refractivity contribution >= 4 is 6.29 Å². The van der Waals surface area contributed by atoms with Gasteiger partial charge in [0.2, 0.25) is 0 Å². The van der Waals surface area contributed by atoms with Gasteiger partial charge in [0.25, 0.3) is 0 Å². The molecule has 0 spiro atoms. The zero-order valence-corrected chi connectivity index (χ0v) is 8.34. The Morgan fingerprint density at radius 1 is 1.54 bits per heavy atom. The number of rotatable bonds is 3. The fourth-order valence-corrected chi connectivity index (χ4v) is 1.97. The predicted octanol–water partition coefficient (Wildman–Crippen LogP) is 2.34. The van der Waals surface area contributed by atoms with Crippen molar-refractivity contribution in [1.29, 1.82) is 0 Å². The van der Waals surface area contributed by atoms with E-state index in [-0.39, 0.29) is 5.41 Å². The Kier molecular flexibility index (Phi) is 3.67. The van der Waals surface area contributed by atoms with Crippen molar-refractivity contribution in [3.8, 4) is 0 Å². The highest BCUT2D eigenvalue weighted by atomic mass is 16.5. The van der Waals surface area contributed by atoms with Crippen molar-refractivity contribution < 1.29 is 9.53 Å². The normalized spacial score (nSPS) is 29.3. The third-order valence-electron chi connectivity index (χ3n) is 2.61. The summed E-state index contributed by atoms with van der Waals surface area (Å²) in [6.45, 7) is 7.37. The molecule has 1 rings (SSSR count). The molecule has 13 heavy (non-hydrogen) atoms. The van der Waals surface area contributed by atoms with Gasteiger partial charge in [-0.25, -0.2) is 0 Å². The van der Waals surface area contributed by atoms with E-state index in [0.717, 1.165) is 44.1 Å². The highest BCUT2D eigenvalue weighted by Crippen LogP contribution is 2.34. The van der Waals surface area contributed by atoms with E-state index in [1.807, 2.05) is 6.92 Å². The summed E-state index contributed by atoms with van der Waals surface area (Å²) in [5, 5.41) is 0. The summed E-state index contributed by atoms with van der Waals surface area (Å²) in [4.78, 5) is 11.1. The molecule has 1 fully saturated rings. The molecule has 2 heteroatoms. The fourth-order valence-electron chi connectivity index (χ4n) is 1.97. The van der Waals surface area contributed by atoms with E-state index in [2.05, 4.69) is 6.58 Å². The van der Waals surface area contributed by atoms with E-state index in [1.54, 1.807) is 0 Å². The van der Waals surface area contributed by atoms with E-state index in [4.69, 9.17) is 4.74 Å². The first-order chi connectivity index (χ1) is 6.18. The SMILES string of the molecule is C=C(C)CC1(C=O)CCCOCC1. The maximum absolute atomic E-state index is 11.1. The van der Waals surface area contributed by atoms with E-state index in [9.17, 15) is 4.79 Å². The third-order valence-corrected chi connectivity index (χ3v) is 2.61. The Hall–Kier alpha value is -0.630. The minimum atomic E-state index is -0.178. The van der Waals surface area contributed by atoms with Crippen LogP contribution in [-0.4, -0.2) is 19.5 Å². The van der Waals surface area contributed by atoms with Gasteiger partial charge < -0.3 is 9.53 Å². The van der Waals surface area contributed by atoms with Crippen LogP contribution in [0.2, 0.25) is 0 Å². The number of allylic oxidation sites excluding steroid dienone is 1. The Morgan fingerprint density at radius 3 is 2.92 bits per heavy atom. The van der Waals surface area contributed by atoms with Crippen molar-refractivity contribution in [2.24, 2.45) is 5.41 Å². The number of hydrogen-bond acceptors (Lipinski definition) is 2. The van der Waals surface area contributed by atoms with E-state index in [1.165, 1.54) is 0 Å². The van der Waals surface area contributed by atoms with Gasteiger partial charge in [-0.2, -0.15) is 0 Å². The van der Waals surface area contributed by atoms with Crippen molar-refractivity contribution in [3.05, 3.63) is 12.2 Å². The second-order valence-corrected chi connectivity index (χ2v) is 4.08. The van der Waals surface area contributed by atoms with Crippen molar-refractivity contribution in [3.63, 3.8) is 0 Å². The Bertz CT molecular complexity index is 188. The molecule has 0 amide bonds. The average molecular weight is 182 g/mol. The highest BCUT2D eigenvalue weighted by Gasteiger charge is 2.30. The number of hydrogen-bond donors (Lipinski definition) is 0. The molecule has 1 aliphatic heterocycles. The molecule has 2 nitrogen and oxygen atoms in total. The molecular formula is C11H18O2. The van der Waals surface area contributed by atoms with Crippen LogP contribution in [0, 0.1) is 5.41 Å². The lowest BCUT2D eigenvalue weighted by Gasteiger charge is -2.25. The summed E-state index contributed by atoms with van der Waals surface area (Å²) >= 11 is 0.